The second kappa shape index (κ2) is 9.30. The largest absolute Gasteiger partial charge is 0.497 e. The van der Waals surface area contributed by atoms with Crippen molar-refractivity contribution in [2.24, 2.45) is 0 Å². The Labute approximate surface area is 199 Å². The summed E-state index contributed by atoms with van der Waals surface area (Å²) in [7, 11) is 1.57. The van der Waals surface area contributed by atoms with Gasteiger partial charge in [-0.15, -0.1) is 0 Å². The molecule has 0 bridgehead atoms. The van der Waals surface area contributed by atoms with Crippen LogP contribution in [0.4, 0.5) is 5.69 Å². The Morgan fingerprint density at radius 3 is 2.49 bits per heavy atom. The van der Waals surface area contributed by atoms with Crippen molar-refractivity contribution in [3.05, 3.63) is 76.6 Å². The van der Waals surface area contributed by atoms with E-state index in [9.17, 15) is 9.59 Å². The first-order valence-electron chi connectivity index (χ1n) is 10.7. The number of anilines is 1. The molecular formula is C26H21NO8. The van der Waals surface area contributed by atoms with Crippen molar-refractivity contribution in [1.29, 1.82) is 0 Å². The van der Waals surface area contributed by atoms with Crippen LogP contribution in [0.2, 0.25) is 0 Å². The van der Waals surface area contributed by atoms with Crippen molar-refractivity contribution < 1.29 is 32.9 Å². The molecule has 1 aliphatic heterocycles. The van der Waals surface area contributed by atoms with E-state index in [1.807, 2.05) is 0 Å². The monoisotopic (exact) mass is 475 g/mol. The maximum absolute atomic E-state index is 13.0. The minimum Gasteiger partial charge on any atom is -0.497 e. The van der Waals surface area contributed by atoms with Gasteiger partial charge in [-0.25, -0.2) is 0 Å². The molecule has 4 aromatic rings. The molecule has 9 heteroatoms. The molecule has 0 saturated heterocycles. The first-order valence-corrected chi connectivity index (χ1v) is 10.7. The third-order valence-corrected chi connectivity index (χ3v) is 5.29. The number of rotatable bonds is 7. The maximum Gasteiger partial charge on any atom is 0.262 e. The van der Waals surface area contributed by atoms with E-state index in [1.54, 1.807) is 74.7 Å². The molecule has 0 saturated carbocycles. The number of fused-ring (bicyclic) bond motifs is 2. The van der Waals surface area contributed by atoms with Gasteiger partial charge in [0.25, 0.3) is 5.91 Å². The molecule has 0 atom stereocenters. The van der Waals surface area contributed by atoms with Crippen LogP contribution in [-0.2, 0) is 4.79 Å². The minimum absolute atomic E-state index is 0.0967. The number of ether oxygens (including phenoxy) is 5. The van der Waals surface area contributed by atoms with E-state index in [4.69, 9.17) is 28.1 Å². The fourth-order valence-corrected chi connectivity index (χ4v) is 3.56. The fourth-order valence-electron chi connectivity index (χ4n) is 3.56. The fraction of sp³-hybridized carbons (Fsp3) is 0.154. The number of amides is 1. The first kappa shape index (κ1) is 22.1. The summed E-state index contributed by atoms with van der Waals surface area (Å²) in [6.07, 6.45) is 0. The lowest BCUT2D eigenvalue weighted by atomic mass is 10.2. The highest BCUT2D eigenvalue weighted by molar-refractivity contribution is 5.92. The van der Waals surface area contributed by atoms with Crippen molar-refractivity contribution in [3.63, 3.8) is 0 Å². The molecule has 0 radical (unpaired) electrons. The van der Waals surface area contributed by atoms with Gasteiger partial charge in [0.2, 0.25) is 18.0 Å². The Morgan fingerprint density at radius 2 is 1.69 bits per heavy atom. The number of methoxy groups -OCH3 is 1. The predicted molar refractivity (Wildman–Crippen MR) is 127 cm³/mol. The number of carbonyl (C=O) groups is 1. The molecule has 3 aromatic carbocycles. The number of aryl methyl sites for hydroxylation is 1. The zero-order chi connectivity index (χ0) is 24.4. The van der Waals surface area contributed by atoms with Gasteiger partial charge in [0.05, 0.1) is 12.5 Å². The molecule has 1 amide bonds. The van der Waals surface area contributed by atoms with E-state index >= 15 is 0 Å². The Morgan fingerprint density at radius 1 is 0.943 bits per heavy atom. The van der Waals surface area contributed by atoms with Crippen LogP contribution in [0, 0.1) is 6.92 Å². The van der Waals surface area contributed by atoms with Crippen molar-refractivity contribution in [2.45, 2.75) is 6.92 Å². The molecule has 9 nitrogen and oxygen atoms in total. The van der Waals surface area contributed by atoms with Crippen LogP contribution in [0.5, 0.6) is 34.5 Å². The van der Waals surface area contributed by atoms with E-state index in [0.717, 1.165) is 0 Å². The van der Waals surface area contributed by atoms with E-state index in [-0.39, 0.29) is 30.5 Å². The van der Waals surface area contributed by atoms with E-state index < -0.39 is 0 Å². The van der Waals surface area contributed by atoms with E-state index in [1.165, 1.54) is 0 Å². The van der Waals surface area contributed by atoms with Crippen LogP contribution >= 0.6 is 0 Å². The highest BCUT2D eigenvalue weighted by atomic mass is 16.7. The zero-order valence-corrected chi connectivity index (χ0v) is 19.0. The molecule has 35 heavy (non-hydrogen) atoms. The molecule has 1 N–H and O–H groups in total. The second-order valence-corrected chi connectivity index (χ2v) is 7.66. The van der Waals surface area contributed by atoms with Gasteiger partial charge in [-0.3, -0.25) is 9.59 Å². The lowest BCUT2D eigenvalue weighted by molar-refractivity contribution is -0.118. The topological polar surface area (TPSA) is 105 Å². The van der Waals surface area contributed by atoms with Gasteiger partial charge < -0.3 is 33.4 Å². The summed E-state index contributed by atoms with van der Waals surface area (Å²) in [6.45, 7) is 1.57. The van der Waals surface area contributed by atoms with Crippen LogP contribution in [0.3, 0.4) is 0 Å². The Kier molecular flexibility index (Phi) is 5.88. The average molecular weight is 475 g/mol. The summed E-state index contributed by atoms with van der Waals surface area (Å²) in [5, 5.41) is 3.07. The summed E-state index contributed by atoms with van der Waals surface area (Å²) in [5.74, 6) is 2.79. The molecule has 5 rings (SSSR count). The van der Waals surface area contributed by atoms with Crippen molar-refractivity contribution >= 4 is 22.6 Å². The van der Waals surface area contributed by atoms with Gasteiger partial charge in [-0.2, -0.15) is 0 Å². The number of carbonyl (C=O) groups excluding carboxylic acids is 1. The standard InChI is InChI=1S/C26H21NO8/c1-15-26(35-18-6-4-17(30-2)5-7-18)25(29)20-9-8-19(12-22(20)34-15)31-13-24(28)27-16-3-10-21-23(11-16)33-14-32-21/h3-12H,13-14H2,1-2H3,(H,27,28). The molecule has 0 aliphatic carbocycles. The highest BCUT2D eigenvalue weighted by Crippen LogP contribution is 2.34. The smallest absolute Gasteiger partial charge is 0.262 e. The van der Waals surface area contributed by atoms with Crippen molar-refractivity contribution in [2.75, 3.05) is 25.8 Å². The summed E-state index contributed by atoms with van der Waals surface area (Å²) >= 11 is 0. The van der Waals surface area contributed by atoms with Gasteiger partial charge in [0, 0.05) is 17.8 Å². The molecular weight excluding hydrogens is 454 g/mol. The number of benzene rings is 3. The third kappa shape index (κ3) is 4.70. The Hall–Kier alpha value is -4.66. The predicted octanol–water partition coefficient (Wildman–Crippen LogP) is 4.65. The molecule has 1 aliphatic rings. The summed E-state index contributed by atoms with van der Waals surface area (Å²) < 4.78 is 32.9. The first-order chi connectivity index (χ1) is 17.0. The summed E-state index contributed by atoms with van der Waals surface area (Å²) in [6, 6.07) is 16.7. The van der Waals surface area contributed by atoms with Crippen LogP contribution < -0.4 is 34.4 Å². The van der Waals surface area contributed by atoms with Gasteiger partial charge in [0.15, 0.2) is 18.1 Å². The minimum atomic E-state index is -0.357. The normalized spacial score (nSPS) is 11.8. The molecule has 0 spiro atoms. The second-order valence-electron chi connectivity index (χ2n) is 7.66. The maximum atomic E-state index is 13.0. The Bertz CT molecular complexity index is 1460. The van der Waals surface area contributed by atoms with Crippen LogP contribution in [-0.4, -0.2) is 26.4 Å². The molecule has 1 aromatic heterocycles. The number of nitrogens with one attached hydrogen (secondary N) is 1. The van der Waals surface area contributed by atoms with E-state index in [0.29, 0.717) is 51.2 Å². The van der Waals surface area contributed by atoms with Gasteiger partial charge in [0.1, 0.15) is 28.6 Å². The molecule has 2 heterocycles. The molecule has 0 unspecified atom stereocenters. The SMILES string of the molecule is COc1ccc(Oc2c(C)oc3cc(OCC(=O)Nc4ccc5c(c4)OCO5)ccc3c2=O)cc1. The van der Waals surface area contributed by atoms with Crippen LogP contribution in [0.25, 0.3) is 11.0 Å². The van der Waals surface area contributed by atoms with Crippen LogP contribution in [0.15, 0.2) is 69.9 Å². The molecule has 0 fully saturated rings. The average Bonchev–Trinajstić information content (AvgIpc) is 3.33. The highest BCUT2D eigenvalue weighted by Gasteiger charge is 2.16. The van der Waals surface area contributed by atoms with Crippen molar-refractivity contribution in [3.8, 4) is 34.5 Å². The van der Waals surface area contributed by atoms with E-state index in [2.05, 4.69) is 5.32 Å². The summed E-state index contributed by atoms with van der Waals surface area (Å²) in [5.41, 5.74) is 0.572. The number of hydrogen-bond donors (Lipinski definition) is 1. The van der Waals surface area contributed by atoms with Crippen LogP contribution in [0.1, 0.15) is 5.76 Å². The molecule has 178 valence electrons. The quantitative estimate of drug-likeness (QED) is 0.412. The zero-order valence-electron chi connectivity index (χ0n) is 19.0. The van der Waals surface area contributed by atoms with Gasteiger partial charge in [-0.05, 0) is 55.5 Å². The lowest BCUT2D eigenvalue weighted by Crippen LogP contribution is -2.20. The summed E-state index contributed by atoms with van der Waals surface area (Å²) in [4.78, 5) is 25.3. The Balaban J connectivity index is 1.28. The lowest BCUT2D eigenvalue weighted by Gasteiger charge is -2.11. The van der Waals surface area contributed by atoms with Gasteiger partial charge in [-0.1, -0.05) is 0 Å². The number of hydrogen-bond acceptors (Lipinski definition) is 8. The van der Waals surface area contributed by atoms with Crippen molar-refractivity contribution in [1.82, 2.24) is 0 Å². The third-order valence-electron chi connectivity index (χ3n) is 5.29. The van der Waals surface area contributed by atoms with Gasteiger partial charge >= 0.3 is 0 Å².